The van der Waals surface area contributed by atoms with Gasteiger partial charge in [0.05, 0.1) is 28.9 Å². The second-order valence-corrected chi connectivity index (χ2v) is 19.8. The maximum absolute atomic E-state index is 4.57. The van der Waals surface area contributed by atoms with Crippen LogP contribution in [0.25, 0.3) is 94.0 Å². The third-order valence-corrected chi connectivity index (χ3v) is 15.0. The van der Waals surface area contributed by atoms with Crippen LogP contribution in [0.15, 0.2) is 304 Å². The van der Waals surface area contributed by atoms with E-state index in [0.717, 1.165) is 95.2 Å². The van der Waals surface area contributed by atoms with Gasteiger partial charge < -0.3 is 14.4 Å². The van der Waals surface area contributed by atoms with E-state index in [0.29, 0.717) is 0 Å². The molecule has 0 saturated carbocycles. The van der Waals surface area contributed by atoms with Crippen LogP contribution in [-0.2, 0) is 0 Å². The predicted octanol–water partition coefficient (Wildman–Crippen LogP) is 19.4. The molecule has 0 saturated heterocycles. The van der Waals surface area contributed by atoms with Crippen LogP contribution in [0, 0.1) is 0 Å². The lowest BCUT2D eigenvalue weighted by Gasteiger charge is -2.26. The first kappa shape index (κ1) is 46.8. The summed E-state index contributed by atoms with van der Waals surface area (Å²) in [6.45, 7) is 0. The van der Waals surface area contributed by atoms with E-state index < -0.39 is 0 Å². The largest absolute Gasteiger partial charge is 0.311 e. The van der Waals surface area contributed by atoms with E-state index in [-0.39, 0.29) is 0 Å². The Hall–Kier alpha value is -10.7. The SMILES string of the molecule is c1ccc(N(c2ccccc2)c2ccc(-c3ccc4c(c3)c3cc(-c5ccc(N(c6ccccc6)c6ccc(-c7ccc(-c8ccc(-c9cnc%10cnncc%10c9)cc8)cc7)cc6)cc5)ccc3n4-c3ccccc3)cc2)cc1. The summed E-state index contributed by atoms with van der Waals surface area (Å²) in [5.41, 5.74) is 22.4. The molecule has 0 unspecified atom stereocenters. The van der Waals surface area contributed by atoms with Gasteiger partial charge in [0.2, 0.25) is 0 Å². The molecule has 0 aliphatic carbocycles. The molecule has 0 atom stereocenters. The fourth-order valence-electron chi connectivity index (χ4n) is 11.0. The van der Waals surface area contributed by atoms with Crippen molar-refractivity contribution in [2.24, 2.45) is 0 Å². The summed E-state index contributed by atoms with van der Waals surface area (Å²) >= 11 is 0. The van der Waals surface area contributed by atoms with Crippen LogP contribution in [0.3, 0.4) is 0 Å². The molecule has 0 aliphatic heterocycles. The summed E-state index contributed by atoms with van der Waals surface area (Å²) in [5, 5.41) is 11.4. The van der Waals surface area contributed by atoms with E-state index in [9.17, 15) is 0 Å². The fraction of sp³-hybridized carbons (Fsp3) is 0. The Morgan fingerprint density at radius 1 is 0.253 bits per heavy atom. The second kappa shape index (κ2) is 20.4. The van der Waals surface area contributed by atoms with Crippen LogP contribution in [0.4, 0.5) is 34.1 Å². The number of rotatable bonds is 12. The van der Waals surface area contributed by atoms with Crippen molar-refractivity contribution in [1.82, 2.24) is 19.7 Å². The van der Waals surface area contributed by atoms with E-state index in [1.54, 1.807) is 12.4 Å². The Labute approximate surface area is 459 Å². The summed E-state index contributed by atoms with van der Waals surface area (Å²) in [7, 11) is 0. The number of benzene rings is 11. The number of para-hydroxylation sites is 4. The first-order valence-electron chi connectivity index (χ1n) is 26.6. The first-order chi connectivity index (χ1) is 39.1. The van der Waals surface area contributed by atoms with Gasteiger partial charge in [-0.25, -0.2) is 0 Å². The number of hydrogen-bond acceptors (Lipinski definition) is 5. The number of hydrogen-bond donors (Lipinski definition) is 0. The molecule has 11 aromatic carbocycles. The van der Waals surface area contributed by atoms with Crippen molar-refractivity contribution >= 4 is 66.8 Å². The molecule has 79 heavy (non-hydrogen) atoms. The maximum atomic E-state index is 4.57. The molecule has 3 aromatic heterocycles. The van der Waals surface area contributed by atoms with E-state index in [4.69, 9.17) is 0 Å². The average Bonchev–Trinajstić information content (AvgIpc) is 3.95. The Kier molecular flexibility index (Phi) is 12.1. The van der Waals surface area contributed by atoms with Gasteiger partial charge in [-0.05, 0) is 165 Å². The first-order valence-corrected chi connectivity index (χ1v) is 26.6. The molecule has 14 aromatic rings. The highest BCUT2D eigenvalue weighted by molar-refractivity contribution is 6.11. The van der Waals surface area contributed by atoms with E-state index in [1.807, 2.05) is 6.20 Å². The quantitative estimate of drug-likeness (QED) is 0.122. The normalized spacial score (nSPS) is 11.3. The smallest absolute Gasteiger partial charge is 0.0919 e. The van der Waals surface area contributed by atoms with Crippen LogP contribution < -0.4 is 9.80 Å². The van der Waals surface area contributed by atoms with Gasteiger partial charge in [0.1, 0.15) is 0 Å². The van der Waals surface area contributed by atoms with Crippen molar-refractivity contribution in [1.29, 1.82) is 0 Å². The zero-order valence-corrected chi connectivity index (χ0v) is 43.1. The van der Waals surface area contributed by atoms with Crippen molar-refractivity contribution in [2.45, 2.75) is 0 Å². The molecule has 0 aliphatic rings. The second-order valence-electron chi connectivity index (χ2n) is 19.8. The van der Waals surface area contributed by atoms with Crippen LogP contribution in [-0.4, -0.2) is 19.7 Å². The van der Waals surface area contributed by atoms with E-state index in [1.165, 1.54) is 32.9 Å². The van der Waals surface area contributed by atoms with Gasteiger partial charge in [0, 0.05) is 67.7 Å². The fourth-order valence-corrected chi connectivity index (χ4v) is 11.0. The van der Waals surface area contributed by atoms with Crippen molar-refractivity contribution < 1.29 is 0 Å². The number of aromatic nitrogens is 4. The lowest BCUT2D eigenvalue weighted by molar-refractivity contribution is 1.04. The summed E-state index contributed by atoms with van der Waals surface area (Å²) < 4.78 is 2.39. The minimum atomic E-state index is 0.837. The van der Waals surface area contributed by atoms with E-state index >= 15 is 0 Å². The third-order valence-electron chi connectivity index (χ3n) is 15.0. The lowest BCUT2D eigenvalue weighted by Crippen LogP contribution is -2.09. The van der Waals surface area contributed by atoms with Gasteiger partial charge in [-0.15, -0.1) is 0 Å². The van der Waals surface area contributed by atoms with Gasteiger partial charge in [0.25, 0.3) is 0 Å². The van der Waals surface area contributed by atoms with Crippen LogP contribution in [0.1, 0.15) is 0 Å². The molecule has 372 valence electrons. The molecule has 14 rings (SSSR count). The molecule has 0 fully saturated rings. The minimum Gasteiger partial charge on any atom is -0.311 e. The van der Waals surface area contributed by atoms with Crippen molar-refractivity contribution in [3.63, 3.8) is 0 Å². The number of fused-ring (bicyclic) bond motifs is 4. The zero-order valence-electron chi connectivity index (χ0n) is 43.1. The van der Waals surface area contributed by atoms with Crippen molar-refractivity contribution in [3.8, 4) is 61.3 Å². The Morgan fingerprint density at radius 3 is 0.975 bits per heavy atom. The topological polar surface area (TPSA) is 50.1 Å². The highest BCUT2D eigenvalue weighted by atomic mass is 15.1. The number of nitrogens with zero attached hydrogens (tertiary/aromatic N) is 6. The molecule has 0 amide bonds. The van der Waals surface area contributed by atoms with Gasteiger partial charge >= 0.3 is 0 Å². The molecule has 0 spiro atoms. The Morgan fingerprint density at radius 2 is 0.570 bits per heavy atom. The van der Waals surface area contributed by atoms with Crippen LogP contribution >= 0.6 is 0 Å². The molecular formula is C73H50N6. The summed E-state index contributed by atoms with van der Waals surface area (Å²) in [6.07, 6.45) is 5.34. The average molecular weight is 1010 g/mol. The van der Waals surface area contributed by atoms with Gasteiger partial charge in [-0.2, -0.15) is 10.2 Å². The summed E-state index contributed by atoms with van der Waals surface area (Å²) in [4.78, 5) is 9.20. The summed E-state index contributed by atoms with van der Waals surface area (Å²) in [6, 6.07) is 103. The highest BCUT2D eigenvalue weighted by Crippen LogP contribution is 2.41. The Bertz CT molecular complexity index is 4370. The zero-order chi connectivity index (χ0) is 52.5. The maximum Gasteiger partial charge on any atom is 0.0919 e. The lowest BCUT2D eigenvalue weighted by atomic mass is 9.98. The molecule has 0 bridgehead atoms. The molecule has 6 nitrogen and oxygen atoms in total. The molecule has 6 heteroatoms. The molecular weight excluding hydrogens is 961 g/mol. The van der Waals surface area contributed by atoms with Gasteiger partial charge in [0.15, 0.2) is 0 Å². The van der Waals surface area contributed by atoms with Crippen LogP contribution in [0.5, 0.6) is 0 Å². The van der Waals surface area contributed by atoms with E-state index in [2.05, 4.69) is 315 Å². The molecule has 3 heterocycles. The van der Waals surface area contributed by atoms with Gasteiger partial charge in [-0.1, -0.05) is 170 Å². The molecule has 0 N–H and O–H groups in total. The van der Waals surface area contributed by atoms with Gasteiger partial charge in [-0.3, -0.25) is 4.98 Å². The summed E-state index contributed by atoms with van der Waals surface area (Å²) in [5.74, 6) is 0. The minimum absolute atomic E-state index is 0.837. The van der Waals surface area contributed by atoms with Crippen molar-refractivity contribution in [2.75, 3.05) is 9.80 Å². The van der Waals surface area contributed by atoms with Crippen LogP contribution in [0.2, 0.25) is 0 Å². The number of anilines is 6. The monoisotopic (exact) mass is 1010 g/mol. The van der Waals surface area contributed by atoms with Crippen molar-refractivity contribution in [3.05, 3.63) is 304 Å². The third kappa shape index (κ3) is 9.13. The highest BCUT2D eigenvalue weighted by Gasteiger charge is 2.18. The Balaban J connectivity index is 0.748. The predicted molar refractivity (Wildman–Crippen MR) is 328 cm³/mol. The standard InChI is InChI=1S/C73H50N6/c1-5-13-62(14-6-1)77(63-15-7-2-8-16-63)66-39-31-55(32-40-66)58-35-43-72-69(46-58)70-47-59(36-44-73(70)79(72)65-19-11-4-12-20-65)56-33-41-68(42-34-56)78(64-17-9-3-10-18-64)67-37-29-54(30-38-67)53-23-21-51(22-24-53)52-25-27-57(28-26-52)60-45-61-49-75-76-50-71(61)74-48-60/h1-50H. The number of pyridine rings is 1. The molecule has 0 radical (unpaired) electrons.